The van der Waals surface area contributed by atoms with Crippen molar-refractivity contribution < 1.29 is 18.6 Å². The van der Waals surface area contributed by atoms with E-state index in [1.807, 2.05) is 43.3 Å². The van der Waals surface area contributed by atoms with Gasteiger partial charge in [0.25, 0.3) is 0 Å². The number of aliphatic hydroxyl groups is 2. The van der Waals surface area contributed by atoms with Gasteiger partial charge in [-0.3, -0.25) is 5.10 Å². The van der Waals surface area contributed by atoms with Crippen LogP contribution in [0.25, 0.3) is 22.3 Å². The van der Waals surface area contributed by atoms with Crippen LogP contribution in [0.15, 0.2) is 109 Å². The van der Waals surface area contributed by atoms with Crippen LogP contribution in [-0.4, -0.2) is 69.5 Å². The zero-order valence-electron chi connectivity index (χ0n) is 29.1. The van der Waals surface area contributed by atoms with Crippen molar-refractivity contribution in [3.05, 3.63) is 153 Å². The standard InChI is InChI=1S/C20H23ClN4O3S.C18H18ClN3O/c1-14-19(12-25(23-14)29(27,28)24(2)3)15-4-6-16(7-5-15)20(26,13-22)17-8-10-18(21)11-9-17;1-12-17(10-21-22-12)13-2-4-14(5-3-13)18(23,11-20)15-6-8-16(19)9-7-15/h4-12,26H,13,22H2,1-3H3;2-10,23H,11,20H2,1H3,(H,21,22). The van der Waals surface area contributed by atoms with Gasteiger partial charge < -0.3 is 21.7 Å². The van der Waals surface area contributed by atoms with E-state index in [0.717, 1.165) is 41.9 Å². The predicted octanol–water partition coefficient (Wildman–Crippen LogP) is 5.59. The maximum absolute atomic E-state index is 12.3. The maximum Gasteiger partial charge on any atom is 0.322 e. The Morgan fingerprint density at radius 1 is 0.712 bits per heavy atom. The van der Waals surface area contributed by atoms with Crippen molar-refractivity contribution in [3.8, 4) is 22.3 Å². The number of halogens is 2. The van der Waals surface area contributed by atoms with E-state index in [1.54, 1.807) is 73.8 Å². The van der Waals surface area contributed by atoms with Gasteiger partial charge in [-0.25, -0.2) is 0 Å². The molecule has 0 amide bonds. The van der Waals surface area contributed by atoms with Crippen molar-refractivity contribution in [2.24, 2.45) is 11.5 Å². The summed E-state index contributed by atoms with van der Waals surface area (Å²) in [5, 5.41) is 34.5. The van der Waals surface area contributed by atoms with Gasteiger partial charge in [0.15, 0.2) is 0 Å². The molecule has 0 aliphatic heterocycles. The molecule has 0 fully saturated rings. The van der Waals surface area contributed by atoms with E-state index in [1.165, 1.54) is 20.3 Å². The predicted molar refractivity (Wildman–Crippen MR) is 206 cm³/mol. The van der Waals surface area contributed by atoms with Gasteiger partial charge in [0.05, 0.1) is 18.1 Å². The lowest BCUT2D eigenvalue weighted by Crippen LogP contribution is -2.36. The molecule has 0 spiro atoms. The summed E-state index contributed by atoms with van der Waals surface area (Å²) in [4.78, 5) is 0. The number of nitrogens with zero attached hydrogens (tertiary/aromatic N) is 4. The topological polar surface area (TPSA) is 176 Å². The van der Waals surface area contributed by atoms with Gasteiger partial charge in [0.1, 0.15) is 11.2 Å². The Morgan fingerprint density at radius 3 is 1.44 bits per heavy atom. The molecule has 2 heterocycles. The van der Waals surface area contributed by atoms with Gasteiger partial charge in [-0.2, -0.15) is 27.0 Å². The summed E-state index contributed by atoms with van der Waals surface area (Å²) in [5.41, 5.74) is 17.0. The first-order valence-electron chi connectivity index (χ1n) is 16.2. The molecule has 6 aromatic rings. The quantitative estimate of drug-likeness (QED) is 0.120. The first-order chi connectivity index (χ1) is 24.6. The molecule has 7 N–H and O–H groups in total. The molecule has 2 aromatic heterocycles. The normalized spacial score (nSPS) is 14.0. The van der Waals surface area contributed by atoms with Gasteiger partial charge in [0.2, 0.25) is 0 Å². The Labute approximate surface area is 313 Å². The molecule has 6 rings (SSSR count). The summed E-state index contributed by atoms with van der Waals surface area (Å²) in [6.45, 7) is 3.79. The zero-order valence-corrected chi connectivity index (χ0v) is 31.5. The van der Waals surface area contributed by atoms with Crippen molar-refractivity contribution in [3.63, 3.8) is 0 Å². The van der Waals surface area contributed by atoms with Gasteiger partial charge in [-0.15, -0.1) is 0 Å². The van der Waals surface area contributed by atoms with Gasteiger partial charge >= 0.3 is 10.2 Å². The molecule has 11 nitrogen and oxygen atoms in total. The second-order valence-electron chi connectivity index (χ2n) is 12.5. The smallest absolute Gasteiger partial charge is 0.322 e. The van der Waals surface area contributed by atoms with Crippen molar-refractivity contribution in [1.29, 1.82) is 0 Å². The Bertz CT molecular complexity index is 2220. The first-order valence-corrected chi connectivity index (χ1v) is 18.4. The lowest BCUT2D eigenvalue weighted by Gasteiger charge is -2.28. The number of rotatable bonds is 10. The molecular formula is C38H41Cl2N7O4S. The molecule has 14 heteroatoms. The van der Waals surface area contributed by atoms with Crippen LogP contribution >= 0.6 is 23.2 Å². The number of H-pyrrole nitrogens is 1. The molecule has 52 heavy (non-hydrogen) atoms. The maximum atomic E-state index is 12.3. The summed E-state index contributed by atoms with van der Waals surface area (Å²) in [5.74, 6) is 0. The third-order valence-corrected chi connectivity index (χ3v) is 11.1. The SMILES string of the molecule is Cc1[nH]ncc1-c1ccc(C(O)(CN)c2ccc(Cl)cc2)cc1.Cc1nn(S(=O)(=O)N(C)C)cc1-c1ccc(C(O)(CN)c2ccc(Cl)cc2)cc1. The van der Waals surface area contributed by atoms with Gasteiger partial charge in [-0.05, 0) is 71.5 Å². The molecule has 2 unspecified atom stereocenters. The third-order valence-electron chi connectivity index (χ3n) is 8.99. The van der Waals surface area contributed by atoms with E-state index >= 15 is 0 Å². The molecular weight excluding hydrogens is 721 g/mol. The average molecular weight is 763 g/mol. The molecule has 2 atom stereocenters. The lowest BCUT2D eigenvalue weighted by atomic mass is 9.85. The van der Waals surface area contributed by atoms with Crippen LogP contribution in [0.3, 0.4) is 0 Å². The van der Waals surface area contributed by atoms with Crippen molar-refractivity contribution in [2.75, 3.05) is 27.2 Å². The fourth-order valence-corrected chi connectivity index (χ4v) is 6.80. The fraction of sp³-hybridized carbons (Fsp3) is 0.211. The number of aromatic amines is 1. The third kappa shape index (κ3) is 7.85. The molecule has 0 radical (unpaired) electrons. The first kappa shape index (κ1) is 38.9. The van der Waals surface area contributed by atoms with E-state index in [4.69, 9.17) is 34.7 Å². The van der Waals surface area contributed by atoms with E-state index in [9.17, 15) is 18.6 Å². The molecule has 0 saturated heterocycles. The highest BCUT2D eigenvalue weighted by Crippen LogP contribution is 2.33. The minimum Gasteiger partial charge on any atom is -0.379 e. The highest BCUT2D eigenvalue weighted by molar-refractivity contribution is 7.87. The van der Waals surface area contributed by atoms with E-state index < -0.39 is 21.4 Å². The monoisotopic (exact) mass is 761 g/mol. The summed E-state index contributed by atoms with van der Waals surface area (Å²) in [7, 11) is -0.791. The number of aromatic nitrogens is 4. The number of aryl methyl sites for hydroxylation is 2. The summed E-state index contributed by atoms with van der Waals surface area (Å²) in [6.07, 6.45) is 3.27. The summed E-state index contributed by atoms with van der Waals surface area (Å²) < 4.78 is 26.7. The summed E-state index contributed by atoms with van der Waals surface area (Å²) >= 11 is 11.9. The minimum absolute atomic E-state index is 0.00792. The van der Waals surface area contributed by atoms with Crippen molar-refractivity contribution in [2.45, 2.75) is 25.0 Å². The Hall–Kier alpha value is -4.37. The number of nitrogens with two attached hydrogens (primary N) is 2. The summed E-state index contributed by atoms with van der Waals surface area (Å²) in [6, 6.07) is 28.8. The molecule has 0 aliphatic carbocycles. The average Bonchev–Trinajstić information content (AvgIpc) is 3.77. The van der Waals surface area contributed by atoms with E-state index in [2.05, 4.69) is 15.3 Å². The largest absolute Gasteiger partial charge is 0.379 e. The highest BCUT2D eigenvalue weighted by atomic mass is 35.5. The molecule has 0 saturated carbocycles. The number of hydrogen-bond donors (Lipinski definition) is 5. The Morgan fingerprint density at radius 2 is 1.10 bits per heavy atom. The van der Waals surface area contributed by atoms with E-state index in [0.29, 0.717) is 32.4 Å². The number of nitrogens with one attached hydrogen (secondary N) is 1. The number of hydrogen-bond acceptors (Lipinski definition) is 8. The lowest BCUT2D eigenvalue weighted by molar-refractivity contribution is 0.0899. The van der Waals surface area contributed by atoms with Crippen LogP contribution in [0.2, 0.25) is 10.0 Å². The molecule has 0 aliphatic rings. The minimum atomic E-state index is -3.69. The second-order valence-corrected chi connectivity index (χ2v) is 15.4. The van der Waals surface area contributed by atoms with Gasteiger partial charge in [0, 0.05) is 54.1 Å². The van der Waals surface area contributed by atoms with Crippen LogP contribution in [-0.2, 0) is 21.4 Å². The van der Waals surface area contributed by atoms with Crippen molar-refractivity contribution in [1.82, 2.24) is 23.7 Å². The van der Waals surface area contributed by atoms with Crippen LogP contribution in [0, 0.1) is 13.8 Å². The van der Waals surface area contributed by atoms with Crippen molar-refractivity contribution >= 4 is 33.4 Å². The van der Waals surface area contributed by atoms with Crippen LogP contribution < -0.4 is 11.5 Å². The molecule has 4 aromatic carbocycles. The highest BCUT2D eigenvalue weighted by Gasteiger charge is 2.31. The van der Waals surface area contributed by atoms with Gasteiger partial charge in [-0.1, -0.05) is 96.0 Å². The van der Waals surface area contributed by atoms with Crippen LogP contribution in [0.4, 0.5) is 0 Å². The zero-order chi connectivity index (χ0) is 37.8. The number of benzene rings is 4. The molecule has 272 valence electrons. The van der Waals surface area contributed by atoms with E-state index in [-0.39, 0.29) is 13.1 Å². The second kappa shape index (κ2) is 15.7. The van der Waals surface area contributed by atoms with Crippen LogP contribution in [0.1, 0.15) is 33.6 Å². The molecule has 0 bridgehead atoms. The Kier molecular flexibility index (Phi) is 11.7. The fourth-order valence-electron chi connectivity index (χ4n) is 5.75. The Balaban J connectivity index is 0.000000206. The van der Waals surface area contributed by atoms with Crippen LogP contribution in [0.5, 0.6) is 0 Å².